The van der Waals surface area contributed by atoms with E-state index >= 15 is 0 Å². The number of rotatable bonds is 4. The highest BCUT2D eigenvalue weighted by molar-refractivity contribution is 6.30. The molecule has 0 aliphatic rings. The van der Waals surface area contributed by atoms with Crippen molar-refractivity contribution in [2.75, 3.05) is 0 Å². The van der Waals surface area contributed by atoms with Gasteiger partial charge in [-0.25, -0.2) is 0 Å². The number of halogens is 1. The Morgan fingerprint density at radius 3 is 2.50 bits per heavy atom. The Balaban J connectivity index is 2.41. The largest absolute Gasteiger partial charge is 0.457 e. The molecule has 0 saturated carbocycles. The number of hydrogen-bond donors (Lipinski definition) is 1. The van der Waals surface area contributed by atoms with E-state index < -0.39 is 0 Å². The van der Waals surface area contributed by atoms with Crippen LogP contribution in [0.25, 0.3) is 0 Å². The maximum absolute atomic E-state index is 6.09. The second kappa shape index (κ2) is 6.29. The number of hydrogen-bond acceptors (Lipinski definition) is 2. The summed E-state index contributed by atoms with van der Waals surface area (Å²) in [6, 6.07) is 11.8. The number of benzene rings is 2. The molecule has 2 rings (SSSR count). The van der Waals surface area contributed by atoms with Crippen LogP contribution in [0.4, 0.5) is 0 Å². The van der Waals surface area contributed by atoms with Gasteiger partial charge in [-0.15, -0.1) is 0 Å². The van der Waals surface area contributed by atoms with Gasteiger partial charge in [-0.2, -0.15) is 0 Å². The zero-order valence-electron chi connectivity index (χ0n) is 12.1. The second-order valence-electron chi connectivity index (χ2n) is 5.25. The Hall–Kier alpha value is -1.51. The molecule has 0 atom stereocenters. The van der Waals surface area contributed by atoms with Crippen molar-refractivity contribution in [2.45, 2.75) is 33.2 Å². The molecule has 106 valence electrons. The standard InChI is InChI=1S/C17H20ClNO/c1-11(2)15-6-4-12(3)8-17(15)20-16-7-5-14(18)9-13(16)10-19/h4-9,11H,10,19H2,1-3H3. The molecule has 0 saturated heterocycles. The monoisotopic (exact) mass is 289 g/mol. The van der Waals surface area contributed by atoms with Gasteiger partial charge in [-0.1, -0.05) is 37.6 Å². The van der Waals surface area contributed by atoms with Crippen LogP contribution in [0.3, 0.4) is 0 Å². The molecule has 20 heavy (non-hydrogen) atoms. The van der Waals surface area contributed by atoms with Gasteiger partial charge >= 0.3 is 0 Å². The molecular formula is C17H20ClNO. The molecule has 0 bridgehead atoms. The maximum Gasteiger partial charge on any atom is 0.132 e. The average Bonchev–Trinajstić information content (AvgIpc) is 2.40. The summed E-state index contributed by atoms with van der Waals surface area (Å²) in [4.78, 5) is 0. The van der Waals surface area contributed by atoms with Crippen LogP contribution in [0.1, 0.15) is 36.5 Å². The fourth-order valence-electron chi connectivity index (χ4n) is 2.13. The average molecular weight is 290 g/mol. The van der Waals surface area contributed by atoms with Crippen molar-refractivity contribution in [1.82, 2.24) is 0 Å². The van der Waals surface area contributed by atoms with Gasteiger partial charge in [0.05, 0.1) is 0 Å². The third-order valence-electron chi connectivity index (χ3n) is 3.25. The first-order valence-electron chi connectivity index (χ1n) is 6.78. The van der Waals surface area contributed by atoms with Gasteiger partial charge in [0.25, 0.3) is 0 Å². The number of ether oxygens (including phenoxy) is 1. The molecule has 2 N–H and O–H groups in total. The molecule has 0 aliphatic carbocycles. The number of nitrogens with two attached hydrogens (primary N) is 1. The van der Waals surface area contributed by atoms with E-state index in [2.05, 4.69) is 39.0 Å². The summed E-state index contributed by atoms with van der Waals surface area (Å²) in [5.74, 6) is 2.06. The first-order chi connectivity index (χ1) is 9.51. The maximum atomic E-state index is 6.09. The molecular weight excluding hydrogens is 270 g/mol. The molecule has 0 fully saturated rings. The van der Waals surface area contributed by atoms with Gasteiger partial charge in [0.2, 0.25) is 0 Å². The Bertz CT molecular complexity index is 608. The lowest BCUT2D eigenvalue weighted by Crippen LogP contribution is -2.01. The molecule has 0 amide bonds. The topological polar surface area (TPSA) is 35.2 Å². The third-order valence-corrected chi connectivity index (χ3v) is 3.49. The van der Waals surface area contributed by atoms with E-state index in [1.807, 2.05) is 18.2 Å². The molecule has 0 heterocycles. The van der Waals surface area contributed by atoms with Crippen LogP contribution >= 0.6 is 11.6 Å². The summed E-state index contributed by atoms with van der Waals surface area (Å²) in [5, 5.41) is 0.672. The molecule has 2 aromatic carbocycles. The second-order valence-corrected chi connectivity index (χ2v) is 5.69. The Labute approximate surface area is 125 Å². The van der Waals surface area contributed by atoms with E-state index in [1.165, 1.54) is 11.1 Å². The minimum atomic E-state index is 0.402. The van der Waals surface area contributed by atoms with E-state index in [1.54, 1.807) is 0 Å². The highest BCUT2D eigenvalue weighted by Crippen LogP contribution is 2.33. The molecule has 0 aromatic heterocycles. The van der Waals surface area contributed by atoms with Gasteiger partial charge in [0.1, 0.15) is 11.5 Å². The SMILES string of the molecule is Cc1ccc(C(C)C)c(Oc2ccc(Cl)cc2CN)c1. The predicted octanol–water partition coefficient (Wildman–Crippen LogP) is 5.02. The normalized spacial score (nSPS) is 10.9. The Morgan fingerprint density at radius 2 is 1.85 bits per heavy atom. The molecule has 2 nitrogen and oxygen atoms in total. The van der Waals surface area contributed by atoms with Gasteiger partial charge in [0, 0.05) is 17.1 Å². The van der Waals surface area contributed by atoms with Gasteiger partial charge in [-0.05, 0) is 48.2 Å². The summed E-state index contributed by atoms with van der Waals surface area (Å²) in [6.07, 6.45) is 0. The van der Waals surface area contributed by atoms with Crippen LogP contribution < -0.4 is 10.5 Å². The molecule has 0 radical (unpaired) electrons. The lowest BCUT2D eigenvalue weighted by atomic mass is 10.0. The van der Waals surface area contributed by atoms with Gasteiger partial charge in [0.15, 0.2) is 0 Å². The lowest BCUT2D eigenvalue weighted by Gasteiger charge is -2.16. The van der Waals surface area contributed by atoms with Crippen molar-refractivity contribution in [2.24, 2.45) is 5.73 Å². The van der Waals surface area contributed by atoms with Crippen LogP contribution in [0, 0.1) is 6.92 Å². The molecule has 0 spiro atoms. The minimum Gasteiger partial charge on any atom is -0.457 e. The Morgan fingerprint density at radius 1 is 1.10 bits per heavy atom. The molecule has 0 aliphatic heterocycles. The van der Waals surface area contributed by atoms with Crippen LogP contribution in [-0.4, -0.2) is 0 Å². The minimum absolute atomic E-state index is 0.402. The van der Waals surface area contributed by atoms with Crippen molar-refractivity contribution in [3.05, 3.63) is 58.1 Å². The first-order valence-corrected chi connectivity index (χ1v) is 7.16. The fraction of sp³-hybridized carbons (Fsp3) is 0.294. The van der Waals surface area contributed by atoms with E-state index in [9.17, 15) is 0 Å². The van der Waals surface area contributed by atoms with Crippen LogP contribution in [0.5, 0.6) is 11.5 Å². The summed E-state index contributed by atoms with van der Waals surface area (Å²) in [7, 11) is 0. The van der Waals surface area contributed by atoms with Crippen LogP contribution in [0.15, 0.2) is 36.4 Å². The van der Waals surface area contributed by atoms with Crippen molar-refractivity contribution in [3.63, 3.8) is 0 Å². The van der Waals surface area contributed by atoms with Crippen molar-refractivity contribution >= 4 is 11.6 Å². The molecule has 0 unspecified atom stereocenters. The summed E-state index contributed by atoms with van der Waals surface area (Å²) < 4.78 is 6.09. The van der Waals surface area contributed by atoms with Crippen LogP contribution in [0.2, 0.25) is 5.02 Å². The van der Waals surface area contributed by atoms with Crippen molar-refractivity contribution in [1.29, 1.82) is 0 Å². The van der Waals surface area contributed by atoms with E-state index in [4.69, 9.17) is 22.1 Å². The fourth-order valence-corrected chi connectivity index (χ4v) is 2.33. The molecule has 2 aromatic rings. The van der Waals surface area contributed by atoms with E-state index in [0.29, 0.717) is 17.5 Å². The van der Waals surface area contributed by atoms with Crippen LogP contribution in [-0.2, 0) is 6.54 Å². The third kappa shape index (κ3) is 3.33. The first kappa shape index (κ1) is 14.9. The number of aryl methyl sites for hydroxylation is 1. The molecule has 3 heteroatoms. The van der Waals surface area contributed by atoms with Crippen molar-refractivity contribution in [3.8, 4) is 11.5 Å². The van der Waals surface area contributed by atoms with Gasteiger partial charge in [-0.3, -0.25) is 0 Å². The Kier molecular flexibility index (Phi) is 4.69. The van der Waals surface area contributed by atoms with E-state index in [-0.39, 0.29) is 0 Å². The summed E-state index contributed by atoms with van der Waals surface area (Å²) in [6.45, 7) is 6.77. The highest BCUT2D eigenvalue weighted by atomic mass is 35.5. The van der Waals surface area contributed by atoms with Gasteiger partial charge < -0.3 is 10.5 Å². The van der Waals surface area contributed by atoms with Crippen molar-refractivity contribution < 1.29 is 4.74 Å². The summed E-state index contributed by atoms with van der Waals surface area (Å²) >= 11 is 5.99. The lowest BCUT2D eigenvalue weighted by molar-refractivity contribution is 0.467. The summed E-state index contributed by atoms with van der Waals surface area (Å²) in [5.41, 5.74) is 9.04. The highest BCUT2D eigenvalue weighted by Gasteiger charge is 2.11. The predicted molar refractivity (Wildman–Crippen MR) is 84.7 cm³/mol. The zero-order chi connectivity index (χ0) is 14.7. The quantitative estimate of drug-likeness (QED) is 0.857. The smallest absolute Gasteiger partial charge is 0.132 e. The zero-order valence-corrected chi connectivity index (χ0v) is 12.9. The van der Waals surface area contributed by atoms with E-state index in [0.717, 1.165) is 17.1 Å².